The second kappa shape index (κ2) is 9.05. The molecule has 0 radical (unpaired) electrons. The molecule has 29 heavy (non-hydrogen) atoms. The van der Waals surface area contributed by atoms with Crippen molar-refractivity contribution < 1.29 is 24.2 Å². The molecule has 0 saturated heterocycles. The van der Waals surface area contributed by atoms with Crippen LogP contribution < -0.4 is 4.74 Å². The number of carbonyl (C=O) groups excluding carboxylic acids is 2. The summed E-state index contributed by atoms with van der Waals surface area (Å²) < 4.78 is 10.7. The van der Waals surface area contributed by atoms with Gasteiger partial charge in [-0.15, -0.1) is 0 Å². The number of hydrogen-bond acceptors (Lipinski definition) is 5. The van der Waals surface area contributed by atoms with E-state index >= 15 is 0 Å². The van der Waals surface area contributed by atoms with Crippen molar-refractivity contribution in [1.82, 2.24) is 0 Å². The lowest BCUT2D eigenvalue weighted by atomic mass is 9.93. The van der Waals surface area contributed by atoms with E-state index in [-0.39, 0.29) is 17.5 Å². The Morgan fingerprint density at radius 3 is 1.86 bits per heavy atom. The van der Waals surface area contributed by atoms with Gasteiger partial charge in [-0.25, -0.2) is 4.79 Å². The largest absolute Gasteiger partial charge is 0.451 e. The number of carbonyl (C=O) groups is 2. The number of esters is 2. The Morgan fingerprint density at radius 2 is 1.45 bits per heavy atom. The molecule has 1 N–H and O–H groups in total. The molecule has 0 amide bonds. The standard InChI is InChI=1S/C24H28O5/c1-15(2)22(25)28-20-13-11-18(12-14-20)17-7-9-19(10-8-17)21(24(5,6)27)29-23(26)16(3)4/h7-15,21,27H,3H2,1-2,4-6H3. The first kappa shape index (κ1) is 22.4. The van der Waals surface area contributed by atoms with Crippen molar-refractivity contribution in [3.05, 3.63) is 66.2 Å². The van der Waals surface area contributed by atoms with Gasteiger partial charge >= 0.3 is 11.9 Å². The Labute approximate surface area is 172 Å². The monoisotopic (exact) mass is 396 g/mol. The highest BCUT2D eigenvalue weighted by Gasteiger charge is 2.32. The van der Waals surface area contributed by atoms with E-state index in [0.29, 0.717) is 11.3 Å². The van der Waals surface area contributed by atoms with E-state index in [9.17, 15) is 14.7 Å². The van der Waals surface area contributed by atoms with Crippen molar-refractivity contribution in [2.45, 2.75) is 46.3 Å². The van der Waals surface area contributed by atoms with Gasteiger partial charge in [-0.05, 0) is 49.6 Å². The van der Waals surface area contributed by atoms with Crippen molar-refractivity contribution in [1.29, 1.82) is 0 Å². The van der Waals surface area contributed by atoms with Gasteiger partial charge in [0.25, 0.3) is 0 Å². The molecular weight excluding hydrogens is 368 g/mol. The van der Waals surface area contributed by atoms with Gasteiger partial charge in [0.15, 0.2) is 6.10 Å². The average molecular weight is 396 g/mol. The molecule has 1 unspecified atom stereocenters. The van der Waals surface area contributed by atoms with Crippen molar-refractivity contribution in [2.75, 3.05) is 0 Å². The van der Waals surface area contributed by atoms with Gasteiger partial charge in [0.2, 0.25) is 0 Å². The maximum atomic E-state index is 11.9. The van der Waals surface area contributed by atoms with Crippen LogP contribution in [0.1, 0.15) is 46.3 Å². The van der Waals surface area contributed by atoms with Crippen LogP contribution in [0.3, 0.4) is 0 Å². The summed E-state index contributed by atoms with van der Waals surface area (Å²) in [5, 5.41) is 10.4. The molecule has 5 nitrogen and oxygen atoms in total. The molecule has 0 bridgehead atoms. The zero-order valence-corrected chi connectivity index (χ0v) is 17.6. The molecule has 1 atom stereocenters. The molecule has 2 rings (SSSR count). The fourth-order valence-electron chi connectivity index (χ4n) is 2.63. The van der Waals surface area contributed by atoms with Crippen LogP contribution in [0.4, 0.5) is 0 Å². The van der Waals surface area contributed by atoms with Gasteiger partial charge in [-0.2, -0.15) is 0 Å². The van der Waals surface area contributed by atoms with Crippen molar-refractivity contribution in [2.24, 2.45) is 5.92 Å². The fourth-order valence-corrected chi connectivity index (χ4v) is 2.63. The summed E-state index contributed by atoms with van der Waals surface area (Å²) in [4.78, 5) is 23.6. The molecule has 0 heterocycles. The summed E-state index contributed by atoms with van der Waals surface area (Å²) in [6, 6.07) is 14.6. The first-order valence-electron chi connectivity index (χ1n) is 9.50. The van der Waals surface area contributed by atoms with E-state index in [1.165, 1.54) is 0 Å². The van der Waals surface area contributed by atoms with Crippen molar-refractivity contribution in [3.63, 3.8) is 0 Å². The molecule has 0 spiro atoms. The van der Waals surface area contributed by atoms with Gasteiger partial charge in [0.1, 0.15) is 11.4 Å². The van der Waals surface area contributed by atoms with Crippen LogP contribution >= 0.6 is 0 Å². The summed E-state index contributed by atoms with van der Waals surface area (Å²) >= 11 is 0. The smallest absolute Gasteiger partial charge is 0.333 e. The highest BCUT2D eigenvalue weighted by Crippen LogP contribution is 2.32. The summed E-state index contributed by atoms with van der Waals surface area (Å²) in [7, 11) is 0. The summed E-state index contributed by atoms with van der Waals surface area (Å²) in [6.45, 7) is 11.9. The second-order valence-electron chi connectivity index (χ2n) is 7.94. The van der Waals surface area contributed by atoms with Gasteiger partial charge in [-0.3, -0.25) is 4.79 Å². The van der Waals surface area contributed by atoms with Crippen molar-refractivity contribution in [3.8, 4) is 16.9 Å². The molecule has 0 aliphatic heterocycles. The first-order valence-corrected chi connectivity index (χ1v) is 9.50. The van der Waals surface area contributed by atoms with E-state index in [1.54, 1.807) is 46.8 Å². The summed E-state index contributed by atoms with van der Waals surface area (Å²) in [6.07, 6.45) is -0.821. The second-order valence-corrected chi connectivity index (χ2v) is 7.94. The molecule has 0 aliphatic carbocycles. The van der Waals surface area contributed by atoms with E-state index in [2.05, 4.69) is 6.58 Å². The highest BCUT2D eigenvalue weighted by molar-refractivity contribution is 5.87. The number of ether oxygens (including phenoxy) is 2. The van der Waals surface area contributed by atoms with Crippen molar-refractivity contribution >= 4 is 11.9 Å². The van der Waals surface area contributed by atoms with Crippen LogP contribution in [0.2, 0.25) is 0 Å². The Morgan fingerprint density at radius 1 is 0.966 bits per heavy atom. The fraction of sp³-hybridized carbons (Fsp3) is 0.333. The lowest BCUT2D eigenvalue weighted by Gasteiger charge is -2.29. The minimum absolute atomic E-state index is 0.190. The average Bonchev–Trinajstić information content (AvgIpc) is 2.65. The van der Waals surface area contributed by atoms with E-state index in [4.69, 9.17) is 9.47 Å². The zero-order valence-electron chi connectivity index (χ0n) is 17.6. The first-order chi connectivity index (χ1) is 13.5. The maximum Gasteiger partial charge on any atom is 0.333 e. The summed E-state index contributed by atoms with van der Waals surface area (Å²) in [5.74, 6) is -0.514. The van der Waals surface area contributed by atoms with Crippen LogP contribution in [-0.2, 0) is 14.3 Å². The van der Waals surface area contributed by atoms with Gasteiger partial charge < -0.3 is 14.6 Å². The lowest BCUT2D eigenvalue weighted by Crippen LogP contribution is -2.32. The SMILES string of the molecule is C=C(C)C(=O)OC(c1ccc(-c2ccc(OC(=O)C(C)C)cc2)cc1)C(C)(C)O. The molecule has 0 fully saturated rings. The van der Waals surface area contributed by atoms with E-state index in [0.717, 1.165) is 11.1 Å². The topological polar surface area (TPSA) is 72.8 Å². The maximum absolute atomic E-state index is 11.9. The Bertz CT molecular complexity index is 871. The molecule has 5 heteroatoms. The van der Waals surface area contributed by atoms with E-state index in [1.807, 2.05) is 36.4 Å². The quantitative estimate of drug-likeness (QED) is 0.412. The van der Waals surface area contributed by atoms with Crippen LogP contribution in [0.15, 0.2) is 60.7 Å². The van der Waals surface area contributed by atoms with Gasteiger partial charge in [0, 0.05) is 5.57 Å². The zero-order chi connectivity index (χ0) is 21.8. The molecule has 0 saturated carbocycles. The van der Waals surface area contributed by atoms with Crippen LogP contribution in [0, 0.1) is 5.92 Å². The molecule has 0 aromatic heterocycles. The minimum atomic E-state index is -1.26. The summed E-state index contributed by atoms with van der Waals surface area (Å²) in [5.41, 5.74) is 1.58. The third-order valence-corrected chi connectivity index (χ3v) is 4.31. The number of rotatable bonds is 7. The minimum Gasteiger partial charge on any atom is -0.451 e. The molecular formula is C24H28O5. The predicted molar refractivity (Wildman–Crippen MR) is 112 cm³/mol. The molecule has 2 aromatic rings. The molecule has 2 aromatic carbocycles. The number of hydrogen-bond donors (Lipinski definition) is 1. The lowest BCUT2D eigenvalue weighted by molar-refractivity contribution is -0.158. The van der Waals surface area contributed by atoms with E-state index < -0.39 is 17.7 Å². The molecule has 154 valence electrons. The van der Waals surface area contributed by atoms with Gasteiger partial charge in [-0.1, -0.05) is 56.8 Å². The number of aliphatic hydroxyl groups is 1. The van der Waals surface area contributed by atoms with Crippen LogP contribution in [0.25, 0.3) is 11.1 Å². The van der Waals surface area contributed by atoms with Crippen LogP contribution in [-0.4, -0.2) is 22.6 Å². The Balaban J connectivity index is 2.20. The van der Waals surface area contributed by atoms with Gasteiger partial charge in [0.05, 0.1) is 5.92 Å². The Hall–Kier alpha value is -2.92. The highest BCUT2D eigenvalue weighted by atomic mass is 16.6. The Kier molecular flexibility index (Phi) is 6.98. The molecule has 0 aliphatic rings. The third kappa shape index (κ3) is 6.03. The third-order valence-electron chi connectivity index (χ3n) is 4.31. The van der Waals surface area contributed by atoms with Crippen LogP contribution in [0.5, 0.6) is 5.75 Å². The predicted octanol–water partition coefficient (Wildman–Crippen LogP) is 4.85. The normalized spacial score (nSPS) is 12.4. The number of benzene rings is 2.